The Bertz CT molecular complexity index is 166. The van der Waals surface area contributed by atoms with Crippen molar-refractivity contribution in [3.05, 3.63) is 0 Å². The van der Waals surface area contributed by atoms with Crippen LogP contribution in [-0.2, 0) is 4.79 Å². The number of hydrogen-bond donors (Lipinski definition) is 2. The van der Waals surface area contributed by atoms with Crippen LogP contribution in [0.4, 0.5) is 0 Å². The van der Waals surface area contributed by atoms with E-state index in [0.29, 0.717) is 25.9 Å². The number of nitrogens with zero attached hydrogens (tertiary/aromatic N) is 1. The summed E-state index contributed by atoms with van der Waals surface area (Å²) < 4.78 is 0. The van der Waals surface area contributed by atoms with Crippen LogP contribution in [0, 0.1) is 5.41 Å². The average molecular weight is 169 g/mol. The molecule has 0 aromatic heterocycles. The number of amides is 1. The van der Waals surface area contributed by atoms with E-state index >= 15 is 0 Å². The minimum Gasteiger partial charge on any atom is -0.354 e. The lowest BCUT2D eigenvalue weighted by molar-refractivity contribution is -0.120. The molecule has 4 nitrogen and oxygen atoms in total. The molecular weight excluding hydrogens is 154 g/mol. The van der Waals surface area contributed by atoms with Gasteiger partial charge in [-0.1, -0.05) is 6.92 Å². The molecule has 0 spiro atoms. The second-order valence-corrected chi connectivity index (χ2v) is 2.23. The van der Waals surface area contributed by atoms with Crippen molar-refractivity contribution in [3.8, 4) is 0 Å². The quantitative estimate of drug-likeness (QED) is 0.444. The maximum atomic E-state index is 10.7. The molecule has 0 aliphatic rings. The fourth-order valence-corrected chi connectivity index (χ4v) is 0.603. The minimum atomic E-state index is 0.0530. The van der Waals surface area contributed by atoms with Gasteiger partial charge in [0.1, 0.15) is 0 Å². The van der Waals surface area contributed by atoms with Gasteiger partial charge in [0, 0.05) is 31.8 Å². The summed E-state index contributed by atoms with van der Waals surface area (Å²) in [5.74, 6) is 0.0530. The highest BCUT2D eigenvalue weighted by Crippen LogP contribution is 1.75. The predicted molar refractivity (Wildman–Crippen MR) is 50.1 cm³/mol. The first-order chi connectivity index (χ1) is 5.81. The largest absolute Gasteiger partial charge is 0.354 e. The molecule has 0 rings (SSSR count). The van der Waals surface area contributed by atoms with Crippen LogP contribution >= 0.6 is 0 Å². The number of aliphatic imine (C=N–C) groups is 1. The van der Waals surface area contributed by atoms with E-state index in [-0.39, 0.29) is 5.91 Å². The lowest BCUT2D eigenvalue weighted by atomic mass is 10.4. The Balaban J connectivity index is 3.20. The first kappa shape index (κ1) is 10.8. The maximum Gasteiger partial charge on any atom is 0.219 e. The summed E-state index contributed by atoms with van der Waals surface area (Å²) in [6.45, 7) is 2.99. The van der Waals surface area contributed by atoms with Crippen molar-refractivity contribution in [3.63, 3.8) is 0 Å². The molecule has 0 atom stereocenters. The van der Waals surface area contributed by atoms with Gasteiger partial charge in [0.25, 0.3) is 0 Å². The molecule has 0 saturated heterocycles. The number of carbonyl (C=O) groups excluding carboxylic acids is 1. The zero-order valence-corrected chi connectivity index (χ0v) is 7.34. The zero-order chi connectivity index (χ0) is 9.23. The highest BCUT2D eigenvalue weighted by atomic mass is 16.1. The van der Waals surface area contributed by atoms with Crippen LogP contribution in [0.2, 0.25) is 0 Å². The molecule has 0 fully saturated rings. The molecule has 2 N–H and O–H groups in total. The van der Waals surface area contributed by atoms with E-state index < -0.39 is 0 Å². The average Bonchev–Trinajstić information content (AvgIpc) is 2.10. The van der Waals surface area contributed by atoms with Gasteiger partial charge in [0.05, 0.1) is 6.54 Å². The molecule has 0 aromatic carbocycles. The van der Waals surface area contributed by atoms with Crippen molar-refractivity contribution in [1.82, 2.24) is 5.32 Å². The summed E-state index contributed by atoms with van der Waals surface area (Å²) >= 11 is 0. The van der Waals surface area contributed by atoms with E-state index in [1.54, 1.807) is 6.21 Å². The Kier molecular flexibility index (Phi) is 7.13. The fourth-order valence-electron chi connectivity index (χ4n) is 0.603. The van der Waals surface area contributed by atoms with Gasteiger partial charge in [-0.15, -0.1) is 0 Å². The highest BCUT2D eigenvalue weighted by Gasteiger charge is 1.92. The van der Waals surface area contributed by atoms with Crippen LogP contribution in [0.15, 0.2) is 4.99 Å². The maximum absolute atomic E-state index is 10.7. The van der Waals surface area contributed by atoms with Gasteiger partial charge in [-0.25, -0.2) is 0 Å². The van der Waals surface area contributed by atoms with E-state index in [4.69, 9.17) is 5.41 Å². The number of rotatable bonds is 6. The van der Waals surface area contributed by atoms with Crippen LogP contribution in [-0.4, -0.2) is 31.4 Å². The predicted octanol–water partition coefficient (Wildman–Crippen LogP) is 0.623. The molecule has 68 valence electrons. The molecule has 4 heteroatoms. The topological polar surface area (TPSA) is 65.3 Å². The third kappa shape index (κ3) is 6.92. The third-order valence-electron chi connectivity index (χ3n) is 1.24. The monoisotopic (exact) mass is 169 g/mol. The Morgan fingerprint density at radius 3 is 3.00 bits per heavy atom. The SMILES string of the molecule is CCC(=O)NCCN=CCC=N. The molecule has 0 unspecified atom stereocenters. The molecule has 12 heavy (non-hydrogen) atoms. The molecule has 0 bridgehead atoms. The Morgan fingerprint density at radius 2 is 2.42 bits per heavy atom. The number of carbonyl (C=O) groups is 1. The molecule has 0 radical (unpaired) electrons. The van der Waals surface area contributed by atoms with Crippen molar-refractivity contribution >= 4 is 18.3 Å². The van der Waals surface area contributed by atoms with Crippen molar-refractivity contribution in [1.29, 1.82) is 5.41 Å². The molecule has 0 saturated carbocycles. The van der Waals surface area contributed by atoms with Crippen molar-refractivity contribution in [2.24, 2.45) is 4.99 Å². The van der Waals surface area contributed by atoms with Crippen LogP contribution in [0.5, 0.6) is 0 Å². The van der Waals surface area contributed by atoms with Crippen LogP contribution in [0.1, 0.15) is 19.8 Å². The summed E-state index contributed by atoms with van der Waals surface area (Å²) in [4.78, 5) is 14.7. The summed E-state index contributed by atoms with van der Waals surface area (Å²) in [5.41, 5.74) is 0. The van der Waals surface area contributed by atoms with Gasteiger partial charge in [-0.2, -0.15) is 0 Å². The smallest absolute Gasteiger partial charge is 0.219 e. The molecule has 0 aromatic rings. The van der Waals surface area contributed by atoms with Crippen molar-refractivity contribution in [2.75, 3.05) is 13.1 Å². The van der Waals surface area contributed by atoms with Crippen LogP contribution in [0.25, 0.3) is 0 Å². The summed E-state index contributed by atoms with van der Waals surface area (Å²) in [7, 11) is 0. The third-order valence-corrected chi connectivity index (χ3v) is 1.24. The Labute approximate surface area is 72.6 Å². The molecule has 1 amide bonds. The summed E-state index contributed by atoms with van der Waals surface area (Å²) in [5, 5.41) is 9.39. The van der Waals surface area contributed by atoms with Gasteiger partial charge in [-0.3, -0.25) is 9.79 Å². The molecule has 0 heterocycles. The molecular formula is C8H15N3O. The van der Waals surface area contributed by atoms with E-state index in [2.05, 4.69) is 10.3 Å². The number of nitrogens with one attached hydrogen (secondary N) is 2. The molecule has 0 aliphatic heterocycles. The second-order valence-electron chi connectivity index (χ2n) is 2.23. The van der Waals surface area contributed by atoms with Crippen LogP contribution in [0.3, 0.4) is 0 Å². The fraction of sp³-hybridized carbons (Fsp3) is 0.625. The van der Waals surface area contributed by atoms with Gasteiger partial charge < -0.3 is 10.7 Å². The zero-order valence-electron chi connectivity index (χ0n) is 7.34. The van der Waals surface area contributed by atoms with E-state index in [0.717, 1.165) is 0 Å². The Morgan fingerprint density at radius 1 is 1.67 bits per heavy atom. The lowest BCUT2D eigenvalue weighted by Crippen LogP contribution is -2.24. The van der Waals surface area contributed by atoms with E-state index in [9.17, 15) is 4.79 Å². The van der Waals surface area contributed by atoms with E-state index in [1.807, 2.05) is 6.92 Å². The van der Waals surface area contributed by atoms with Crippen molar-refractivity contribution < 1.29 is 4.79 Å². The van der Waals surface area contributed by atoms with Gasteiger partial charge in [-0.05, 0) is 0 Å². The summed E-state index contributed by atoms with van der Waals surface area (Å²) in [6.07, 6.45) is 4.05. The second kappa shape index (κ2) is 7.91. The van der Waals surface area contributed by atoms with Crippen LogP contribution < -0.4 is 5.32 Å². The van der Waals surface area contributed by atoms with Gasteiger partial charge in [0.15, 0.2) is 0 Å². The molecule has 0 aliphatic carbocycles. The summed E-state index contributed by atoms with van der Waals surface area (Å²) in [6, 6.07) is 0. The minimum absolute atomic E-state index is 0.0530. The first-order valence-corrected chi connectivity index (χ1v) is 4.05. The van der Waals surface area contributed by atoms with Gasteiger partial charge >= 0.3 is 0 Å². The van der Waals surface area contributed by atoms with Crippen molar-refractivity contribution in [2.45, 2.75) is 19.8 Å². The highest BCUT2D eigenvalue weighted by molar-refractivity contribution is 5.77. The standard InChI is InChI=1S/C8H15N3O/c1-2-8(12)11-7-6-10-5-3-4-9/h4-5,9H,2-3,6-7H2,1H3,(H,11,12). The Hall–Kier alpha value is -1.19. The van der Waals surface area contributed by atoms with Gasteiger partial charge in [0.2, 0.25) is 5.91 Å². The first-order valence-electron chi connectivity index (χ1n) is 4.05. The van der Waals surface area contributed by atoms with E-state index in [1.165, 1.54) is 6.21 Å². The normalized spacial score (nSPS) is 10.1. The number of hydrogen-bond acceptors (Lipinski definition) is 3. The lowest BCUT2D eigenvalue weighted by Gasteiger charge is -1.98.